The van der Waals surface area contributed by atoms with Gasteiger partial charge in [-0.3, -0.25) is 0 Å². The molecule has 0 aromatic rings. The van der Waals surface area contributed by atoms with Gasteiger partial charge >= 0.3 is 0 Å². The maximum atomic E-state index is 3.52. The Hall–Kier alpha value is -0.370. The topological polar surface area (TPSA) is 12.0 Å². The lowest BCUT2D eigenvalue weighted by Crippen LogP contribution is -2.16. The first kappa shape index (κ1) is 8.24. The summed E-state index contributed by atoms with van der Waals surface area (Å²) in [7, 11) is 0. The van der Waals surface area contributed by atoms with E-state index in [1.807, 2.05) is 11.8 Å². The van der Waals surface area contributed by atoms with Crippen LogP contribution in [0.4, 0.5) is 0 Å². The molecule has 1 heterocycles. The second kappa shape index (κ2) is 2.84. The Labute approximate surface area is 78.3 Å². The first-order valence-electron chi connectivity index (χ1n) is 4.51. The van der Waals surface area contributed by atoms with Crippen molar-refractivity contribution >= 4 is 11.8 Å². The molecule has 2 aliphatic rings. The van der Waals surface area contributed by atoms with Crippen LogP contribution in [0.5, 0.6) is 0 Å². The van der Waals surface area contributed by atoms with Crippen LogP contribution in [0.2, 0.25) is 0 Å². The van der Waals surface area contributed by atoms with Crippen molar-refractivity contribution in [2.45, 2.75) is 39.0 Å². The van der Waals surface area contributed by atoms with Gasteiger partial charge in [0.25, 0.3) is 0 Å². The van der Waals surface area contributed by atoms with E-state index in [0.29, 0.717) is 5.37 Å². The number of hydrogen-bond donors (Lipinski definition) is 1. The fourth-order valence-corrected chi connectivity index (χ4v) is 2.96. The van der Waals surface area contributed by atoms with E-state index >= 15 is 0 Å². The Bertz CT molecular complexity index is 248. The molecule has 1 N–H and O–H groups in total. The summed E-state index contributed by atoms with van der Waals surface area (Å²) in [5, 5.41) is 4.09. The van der Waals surface area contributed by atoms with Crippen LogP contribution >= 0.6 is 11.8 Å². The van der Waals surface area contributed by atoms with Crippen LogP contribution in [0.1, 0.15) is 33.6 Å². The Morgan fingerprint density at radius 2 is 1.92 bits per heavy atom. The minimum Gasteiger partial charge on any atom is -0.372 e. The van der Waals surface area contributed by atoms with E-state index in [1.54, 1.807) is 5.57 Å². The van der Waals surface area contributed by atoms with Gasteiger partial charge in [-0.05, 0) is 39.2 Å². The van der Waals surface area contributed by atoms with Crippen LogP contribution in [0.15, 0.2) is 21.7 Å². The highest BCUT2D eigenvalue weighted by atomic mass is 32.2. The van der Waals surface area contributed by atoms with E-state index in [4.69, 9.17) is 0 Å². The van der Waals surface area contributed by atoms with Gasteiger partial charge in [-0.2, -0.15) is 0 Å². The lowest BCUT2D eigenvalue weighted by molar-refractivity contribution is 0.789. The van der Waals surface area contributed by atoms with Crippen LogP contribution < -0.4 is 5.32 Å². The zero-order valence-corrected chi connectivity index (χ0v) is 8.72. The Kier molecular flexibility index (Phi) is 1.95. The normalized spacial score (nSPS) is 29.1. The lowest BCUT2D eigenvalue weighted by Gasteiger charge is -2.16. The van der Waals surface area contributed by atoms with Gasteiger partial charge in [-0.15, -0.1) is 0 Å². The molecule has 0 aromatic carbocycles. The van der Waals surface area contributed by atoms with Gasteiger partial charge in [0.1, 0.15) is 0 Å². The summed E-state index contributed by atoms with van der Waals surface area (Å²) in [6.45, 7) is 6.73. The second-order valence-corrected chi connectivity index (χ2v) is 5.02. The van der Waals surface area contributed by atoms with Crippen molar-refractivity contribution in [3.8, 4) is 0 Å². The third-order valence-electron chi connectivity index (χ3n) is 2.56. The fourth-order valence-electron chi connectivity index (χ4n) is 1.78. The van der Waals surface area contributed by atoms with Crippen molar-refractivity contribution in [1.82, 2.24) is 5.32 Å². The van der Waals surface area contributed by atoms with Gasteiger partial charge in [0, 0.05) is 10.6 Å². The average molecular weight is 181 g/mol. The van der Waals surface area contributed by atoms with Crippen LogP contribution in [-0.4, -0.2) is 5.37 Å². The van der Waals surface area contributed by atoms with Gasteiger partial charge in [-0.25, -0.2) is 0 Å². The monoisotopic (exact) mass is 181 g/mol. The van der Waals surface area contributed by atoms with E-state index in [0.717, 1.165) is 0 Å². The summed E-state index contributed by atoms with van der Waals surface area (Å²) in [5.74, 6) is 0. The molecule has 0 saturated carbocycles. The quantitative estimate of drug-likeness (QED) is 0.616. The maximum absolute atomic E-state index is 3.52. The Morgan fingerprint density at radius 1 is 1.25 bits per heavy atom. The number of nitrogens with one attached hydrogen (secondary N) is 1. The maximum Gasteiger partial charge on any atom is 0.0741 e. The number of fused-ring (bicyclic) bond motifs is 1. The molecule has 66 valence electrons. The molecule has 0 amide bonds. The van der Waals surface area contributed by atoms with Gasteiger partial charge < -0.3 is 5.32 Å². The highest BCUT2D eigenvalue weighted by molar-refractivity contribution is 8.04. The van der Waals surface area contributed by atoms with E-state index in [2.05, 4.69) is 26.1 Å². The molecule has 2 rings (SSSR count). The van der Waals surface area contributed by atoms with Crippen LogP contribution in [-0.2, 0) is 0 Å². The molecule has 1 fully saturated rings. The highest BCUT2D eigenvalue weighted by Gasteiger charge is 2.26. The Balaban J connectivity index is 2.42. The van der Waals surface area contributed by atoms with E-state index in [9.17, 15) is 0 Å². The standard InChI is InChI=1S/C10H15NS/c1-6-4-5-7(2)10-9(6)11-8(3)12-10/h8,11H,4-5H2,1-3H3. The minimum absolute atomic E-state index is 0.568. The van der Waals surface area contributed by atoms with Gasteiger partial charge in [0.05, 0.1) is 5.37 Å². The highest BCUT2D eigenvalue weighted by Crippen LogP contribution is 2.42. The van der Waals surface area contributed by atoms with Crippen LogP contribution in [0.25, 0.3) is 0 Å². The summed E-state index contributed by atoms with van der Waals surface area (Å²) in [6.07, 6.45) is 2.50. The van der Waals surface area contributed by atoms with Crippen molar-refractivity contribution in [2.24, 2.45) is 0 Å². The number of allylic oxidation sites excluding steroid dienone is 2. The zero-order chi connectivity index (χ0) is 8.72. The summed E-state index contributed by atoms with van der Waals surface area (Å²) in [5.41, 5.74) is 4.53. The molecule has 1 saturated heterocycles. The summed E-state index contributed by atoms with van der Waals surface area (Å²) >= 11 is 1.97. The molecule has 1 aliphatic heterocycles. The molecule has 0 aromatic heterocycles. The minimum atomic E-state index is 0.568. The van der Waals surface area contributed by atoms with Crippen LogP contribution in [0.3, 0.4) is 0 Å². The van der Waals surface area contributed by atoms with Crippen molar-refractivity contribution in [3.05, 3.63) is 21.7 Å². The number of rotatable bonds is 0. The molecule has 0 radical (unpaired) electrons. The SMILES string of the molecule is CC1=C2NC(C)SC2=C(C)CC1. The summed E-state index contributed by atoms with van der Waals surface area (Å²) in [4.78, 5) is 1.52. The van der Waals surface area contributed by atoms with E-state index in [1.165, 1.54) is 29.0 Å². The molecule has 1 unspecified atom stereocenters. The Morgan fingerprint density at radius 3 is 2.58 bits per heavy atom. The average Bonchev–Trinajstić information content (AvgIpc) is 2.41. The van der Waals surface area contributed by atoms with Crippen molar-refractivity contribution in [1.29, 1.82) is 0 Å². The van der Waals surface area contributed by atoms with Gasteiger partial charge in [0.2, 0.25) is 0 Å². The molecule has 0 bridgehead atoms. The van der Waals surface area contributed by atoms with Crippen molar-refractivity contribution in [3.63, 3.8) is 0 Å². The lowest BCUT2D eigenvalue weighted by atomic mass is 9.98. The molecule has 2 heteroatoms. The number of hydrogen-bond acceptors (Lipinski definition) is 2. The third-order valence-corrected chi connectivity index (χ3v) is 3.82. The molecule has 1 aliphatic carbocycles. The largest absolute Gasteiger partial charge is 0.372 e. The predicted octanol–water partition coefficient (Wildman–Crippen LogP) is 3.01. The third kappa shape index (κ3) is 1.18. The zero-order valence-electron chi connectivity index (χ0n) is 7.90. The smallest absolute Gasteiger partial charge is 0.0741 e. The predicted molar refractivity (Wildman–Crippen MR) is 54.8 cm³/mol. The molecule has 1 atom stereocenters. The first-order valence-corrected chi connectivity index (χ1v) is 5.39. The summed E-state index contributed by atoms with van der Waals surface area (Å²) in [6, 6.07) is 0. The molecule has 0 spiro atoms. The fraction of sp³-hybridized carbons (Fsp3) is 0.600. The number of thioether (sulfide) groups is 1. The first-order chi connectivity index (χ1) is 5.68. The van der Waals surface area contributed by atoms with Crippen molar-refractivity contribution < 1.29 is 0 Å². The molecular weight excluding hydrogens is 166 g/mol. The van der Waals surface area contributed by atoms with Crippen LogP contribution in [0, 0.1) is 0 Å². The molecule has 12 heavy (non-hydrogen) atoms. The second-order valence-electron chi connectivity index (χ2n) is 3.67. The molecule has 1 nitrogen and oxygen atoms in total. The van der Waals surface area contributed by atoms with E-state index in [-0.39, 0.29) is 0 Å². The van der Waals surface area contributed by atoms with Gasteiger partial charge in [0.15, 0.2) is 0 Å². The van der Waals surface area contributed by atoms with Gasteiger partial charge in [-0.1, -0.05) is 17.3 Å². The molecular formula is C10H15NS. The van der Waals surface area contributed by atoms with E-state index < -0.39 is 0 Å². The summed E-state index contributed by atoms with van der Waals surface area (Å²) < 4.78 is 0. The van der Waals surface area contributed by atoms with Crippen molar-refractivity contribution in [2.75, 3.05) is 0 Å².